The number of piperidine rings is 1. The quantitative estimate of drug-likeness (QED) is 0.542. The Labute approximate surface area is 214 Å². The fourth-order valence-corrected chi connectivity index (χ4v) is 4.99. The Bertz CT molecular complexity index is 1260. The Balaban J connectivity index is 1.37. The Morgan fingerprint density at radius 1 is 1.06 bits per heavy atom. The lowest BCUT2D eigenvalue weighted by molar-refractivity contribution is -0.153. The number of aromatic nitrogens is 3. The number of ether oxygens (including phenoxy) is 2. The number of aryl methyl sites for hydroxylation is 1. The molecular formula is C26H30ClN5O4. The molecule has 0 aliphatic carbocycles. The molecule has 2 saturated heterocycles. The van der Waals surface area contributed by atoms with Crippen LogP contribution in [-0.2, 0) is 9.53 Å². The van der Waals surface area contributed by atoms with Crippen LogP contribution in [0.5, 0.6) is 5.75 Å². The molecule has 2 aromatic carbocycles. The van der Waals surface area contributed by atoms with Gasteiger partial charge in [0.25, 0.3) is 5.91 Å². The molecule has 1 N–H and O–H groups in total. The zero-order chi connectivity index (χ0) is 25.1. The van der Waals surface area contributed by atoms with Crippen molar-refractivity contribution in [3.8, 4) is 5.75 Å². The molecule has 3 heterocycles. The molecule has 0 spiro atoms. The van der Waals surface area contributed by atoms with Crippen LogP contribution in [0.4, 0.5) is 0 Å². The summed E-state index contributed by atoms with van der Waals surface area (Å²) in [6.07, 6.45) is 3.30. The van der Waals surface area contributed by atoms with E-state index in [0.717, 1.165) is 37.9 Å². The maximum absolute atomic E-state index is 13.5. The smallest absolute Gasteiger partial charge is 0.254 e. The lowest BCUT2D eigenvalue weighted by Crippen LogP contribution is -2.58. The molecule has 10 heteroatoms. The molecule has 2 aliphatic rings. The van der Waals surface area contributed by atoms with E-state index in [1.165, 1.54) is 0 Å². The van der Waals surface area contributed by atoms with Crippen molar-refractivity contribution in [2.24, 2.45) is 0 Å². The van der Waals surface area contributed by atoms with Gasteiger partial charge in [-0.2, -0.15) is 15.4 Å². The minimum absolute atomic E-state index is 0.0314. The summed E-state index contributed by atoms with van der Waals surface area (Å²) in [5, 5.41) is 11.4. The fourth-order valence-electron chi connectivity index (χ4n) is 4.87. The number of amides is 2. The number of likely N-dealkylation sites (tertiary alicyclic amines) is 1. The van der Waals surface area contributed by atoms with E-state index < -0.39 is 5.60 Å². The van der Waals surface area contributed by atoms with Gasteiger partial charge in [0, 0.05) is 30.2 Å². The normalized spacial score (nSPS) is 20.5. The van der Waals surface area contributed by atoms with Crippen LogP contribution in [0.15, 0.2) is 36.4 Å². The summed E-state index contributed by atoms with van der Waals surface area (Å²) in [5.74, 6) is 0.537. The molecule has 1 aromatic heterocycles. The summed E-state index contributed by atoms with van der Waals surface area (Å²) in [6.45, 7) is 4.55. The van der Waals surface area contributed by atoms with Gasteiger partial charge in [-0.25, -0.2) is 0 Å². The molecule has 2 aliphatic heterocycles. The lowest BCUT2D eigenvalue weighted by Gasteiger charge is -2.43. The molecule has 1 atom stereocenters. The van der Waals surface area contributed by atoms with Crippen molar-refractivity contribution in [1.29, 1.82) is 0 Å². The van der Waals surface area contributed by atoms with E-state index in [1.54, 1.807) is 35.2 Å². The third-order valence-electron chi connectivity index (χ3n) is 6.91. The number of carbonyl (C=O) groups excluding carboxylic acids is 2. The SMILES string of the molecule is Cc1cc(OC[C@@]2(CC(=O)N3CCCCC3)CN(C(=O)c3ccc4n[nH]nc4c3)CCO2)ccc1Cl. The second kappa shape index (κ2) is 10.4. The Morgan fingerprint density at radius 2 is 1.86 bits per heavy atom. The molecular weight excluding hydrogens is 482 g/mol. The second-order valence-electron chi connectivity index (χ2n) is 9.60. The minimum Gasteiger partial charge on any atom is -0.490 e. The van der Waals surface area contributed by atoms with Crippen LogP contribution >= 0.6 is 11.6 Å². The van der Waals surface area contributed by atoms with Gasteiger partial charge < -0.3 is 19.3 Å². The van der Waals surface area contributed by atoms with E-state index >= 15 is 0 Å². The van der Waals surface area contributed by atoms with Crippen molar-refractivity contribution in [2.45, 2.75) is 38.2 Å². The number of aromatic amines is 1. The lowest BCUT2D eigenvalue weighted by atomic mass is 9.95. The summed E-state index contributed by atoms with van der Waals surface area (Å²) >= 11 is 6.17. The highest BCUT2D eigenvalue weighted by atomic mass is 35.5. The number of benzene rings is 2. The van der Waals surface area contributed by atoms with Gasteiger partial charge in [-0.05, 0) is 68.1 Å². The number of carbonyl (C=O) groups is 2. The molecule has 0 unspecified atom stereocenters. The van der Waals surface area contributed by atoms with Gasteiger partial charge >= 0.3 is 0 Å². The molecule has 2 fully saturated rings. The molecule has 190 valence electrons. The fraction of sp³-hybridized carbons (Fsp3) is 0.462. The number of hydrogen-bond donors (Lipinski definition) is 1. The van der Waals surface area contributed by atoms with Gasteiger partial charge in [-0.1, -0.05) is 11.6 Å². The standard InChI is InChI=1S/C26H30ClN5O4/c1-18-13-20(6-7-21(18)27)35-17-26(15-24(33)31-9-3-2-4-10-31)16-32(11-12-36-26)25(34)19-5-8-22-23(14-19)29-30-28-22/h5-8,13-14H,2-4,9-12,15-17H2,1H3,(H,28,29,30)/t26-/m1/s1. The van der Waals surface area contributed by atoms with Gasteiger partial charge in [-0.15, -0.1) is 0 Å². The van der Waals surface area contributed by atoms with E-state index in [-0.39, 0.29) is 31.4 Å². The maximum atomic E-state index is 13.5. The summed E-state index contributed by atoms with van der Waals surface area (Å²) in [6, 6.07) is 10.7. The third-order valence-corrected chi connectivity index (χ3v) is 7.34. The van der Waals surface area contributed by atoms with Crippen LogP contribution in [-0.4, -0.2) is 82.0 Å². The first-order valence-electron chi connectivity index (χ1n) is 12.3. The van der Waals surface area contributed by atoms with Crippen LogP contribution in [0.3, 0.4) is 0 Å². The van der Waals surface area contributed by atoms with Crippen LogP contribution in [0, 0.1) is 6.92 Å². The number of nitrogens with one attached hydrogen (secondary N) is 1. The van der Waals surface area contributed by atoms with Gasteiger partial charge in [0.1, 0.15) is 29.0 Å². The van der Waals surface area contributed by atoms with E-state index in [0.29, 0.717) is 40.5 Å². The maximum Gasteiger partial charge on any atom is 0.254 e. The van der Waals surface area contributed by atoms with Crippen LogP contribution in [0.1, 0.15) is 41.6 Å². The van der Waals surface area contributed by atoms with Gasteiger partial charge in [-0.3, -0.25) is 9.59 Å². The van der Waals surface area contributed by atoms with E-state index in [9.17, 15) is 9.59 Å². The highest BCUT2D eigenvalue weighted by molar-refractivity contribution is 6.31. The van der Waals surface area contributed by atoms with Crippen molar-refractivity contribution in [2.75, 3.05) is 39.4 Å². The van der Waals surface area contributed by atoms with Crippen molar-refractivity contribution >= 4 is 34.4 Å². The highest BCUT2D eigenvalue weighted by Crippen LogP contribution is 2.28. The zero-order valence-corrected chi connectivity index (χ0v) is 21.1. The number of rotatable bonds is 6. The second-order valence-corrected chi connectivity index (χ2v) is 10.0. The number of H-pyrrole nitrogens is 1. The monoisotopic (exact) mass is 511 g/mol. The summed E-state index contributed by atoms with van der Waals surface area (Å²) in [5.41, 5.74) is 1.78. The molecule has 0 radical (unpaired) electrons. The Hall–Kier alpha value is -3.17. The summed E-state index contributed by atoms with van der Waals surface area (Å²) in [7, 11) is 0. The highest BCUT2D eigenvalue weighted by Gasteiger charge is 2.42. The summed E-state index contributed by atoms with van der Waals surface area (Å²) < 4.78 is 12.4. The van der Waals surface area contributed by atoms with Gasteiger partial charge in [0.2, 0.25) is 5.91 Å². The minimum atomic E-state index is -0.964. The summed E-state index contributed by atoms with van der Waals surface area (Å²) in [4.78, 5) is 30.4. The molecule has 36 heavy (non-hydrogen) atoms. The number of hydrogen-bond acceptors (Lipinski definition) is 6. The predicted octanol–water partition coefficient (Wildman–Crippen LogP) is 3.61. The van der Waals surface area contributed by atoms with Crippen molar-refractivity contribution in [3.63, 3.8) is 0 Å². The molecule has 9 nitrogen and oxygen atoms in total. The molecule has 2 amide bonds. The van der Waals surface area contributed by atoms with Crippen molar-refractivity contribution in [1.82, 2.24) is 25.2 Å². The van der Waals surface area contributed by atoms with Crippen molar-refractivity contribution < 1.29 is 19.1 Å². The first-order valence-corrected chi connectivity index (χ1v) is 12.7. The van der Waals surface area contributed by atoms with E-state index in [4.69, 9.17) is 21.1 Å². The Kier molecular flexibility index (Phi) is 7.11. The first kappa shape index (κ1) is 24.5. The Morgan fingerprint density at radius 3 is 2.67 bits per heavy atom. The average molecular weight is 512 g/mol. The zero-order valence-electron chi connectivity index (χ0n) is 20.3. The number of nitrogens with zero attached hydrogens (tertiary/aromatic N) is 4. The number of halogens is 1. The van der Waals surface area contributed by atoms with Crippen LogP contribution in [0.25, 0.3) is 11.0 Å². The molecule has 0 saturated carbocycles. The topological polar surface area (TPSA) is 101 Å². The number of fused-ring (bicyclic) bond motifs is 1. The van der Waals surface area contributed by atoms with Gasteiger partial charge in [0.05, 0.1) is 19.6 Å². The van der Waals surface area contributed by atoms with Gasteiger partial charge in [0.15, 0.2) is 0 Å². The van der Waals surface area contributed by atoms with Crippen molar-refractivity contribution in [3.05, 3.63) is 52.5 Å². The molecule has 5 rings (SSSR count). The molecule has 3 aromatic rings. The van der Waals surface area contributed by atoms with Crippen LogP contribution < -0.4 is 4.74 Å². The van der Waals surface area contributed by atoms with E-state index in [2.05, 4.69) is 15.4 Å². The molecule has 0 bridgehead atoms. The third kappa shape index (κ3) is 5.32. The van der Waals surface area contributed by atoms with Crippen LogP contribution in [0.2, 0.25) is 5.02 Å². The predicted molar refractivity (Wildman–Crippen MR) is 135 cm³/mol. The largest absolute Gasteiger partial charge is 0.490 e. The number of morpholine rings is 1. The average Bonchev–Trinajstić information content (AvgIpc) is 3.38. The first-order chi connectivity index (χ1) is 17.4. The van der Waals surface area contributed by atoms with E-state index in [1.807, 2.05) is 17.9 Å².